The number of likely N-dealkylation sites (tertiary alicyclic amines) is 1. The van der Waals surface area contributed by atoms with E-state index in [1.807, 2.05) is 25.1 Å². The van der Waals surface area contributed by atoms with Crippen LogP contribution < -0.4 is 10.6 Å². The topological polar surface area (TPSA) is 57.5 Å². The molecular weight excluding hydrogens is 520 g/mol. The summed E-state index contributed by atoms with van der Waals surface area (Å²) in [6.07, 6.45) is -0.767. The largest absolute Gasteiger partial charge is 0.435 e. The Morgan fingerprint density at radius 3 is 2.45 bits per heavy atom. The summed E-state index contributed by atoms with van der Waals surface area (Å²) in [5.41, 5.74) is 0.388. The number of aryl methyl sites for hydroxylation is 1. The average Bonchev–Trinajstić information content (AvgIpc) is 3.36. The summed E-state index contributed by atoms with van der Waals surface area (Å²) in [6, 6.07) is 10.5. The second kappa shape index (κ2) is 11.7. The van der Waals surface area contributed by atoms with Crippen LogP contribution in [0.1, 0.15) is 42.6 Å². The SMILES string of the molecule is CCNC(=NCc1cn(C)nc1C(F)(F)F)NCC(c1ccccc1)N1CCCC1.I. The summed E-state index contributed by atoms with van der Waals surface area (Å²) in [7, 11) is 1.48. The molecule has 10 heteroatoms. The molecular formula is C21H30F3IN6. The number of halogens is 4. The highest BCUT2D eigenvalue weighted by molar-refractivity contribution is 14.0. The number of hydrogen-bond donors (Lipinski definition) is 2. The number of rotatable bonds is 7. The maximum atomic E-state index is 13.2. The van der Waals surface area contributed by atoms with Crippen molar-refractivity contribution in [2.24, 2.45) is 12.0 Å². The van der Waals surface area contributed by atoms with E-state index in [4.69, 9.17) is 0 Å². The molecule has 1 aromatic heterocycles. The normalized spacial score (nSPS) is 16.1. The molecule has 2 N–H and O–H groups in total. The monoisotopic (exact) mass is 550 g/mol. The zero-order valence-electron chi connectivity index (χ0n) is 17.8. The average molecular weight is 550 g/mol. The van der Waals surface area contributed by atoms with E-state index in [1.54, 1.807) is 0 Å². The van der Waals surface area contributed by atoms with Gasteiger partial charge in [-0.3, -0.25) is 9.58 Å². The minimum atomic E-state index is -4.49. The van der Waals surface area contributed by atoms with Crippen molar-refractivity contribution in [3.8, 4) is 0 Å². The number of guanidine groups is 1. The number of alkyl halides is 3. The Morgan fingerprint density at radius 2 is 1.84 bits per heavy atom. The minimum Gasteiger partial charge on any atom is -0.357 e. The Kier molecular flexibility index (Phi) is 9.60. The van der Waals surface area contributed by atoms with E-state index in [0.717, 1.165) is 13.1 Å². The van der Waals surface area contributed by atoms with Crippen LogP contribution in [0, 0.1) is 0 Å². The molecule has 0 aliphatic carbocycles. The van der Waals surface area contributed by atoms with Crippen molar-refractivity contribution < 1.29 is 13.2 Å². The highest BCUT2D eigenvalue weighted by Crippen LogP contribution is 2.31. The smallest absolute Gasteiger partial charge is 0.357 e. The molecule has 2 heterocycles. The van der Waals surface area contributed by atoms with Crippen molar-refractivity contribution >= 4 is 29.9 Å². The van der Waals surface area contributed by atoms with Gasteiger partial charge < -0.3 is 10.6 Å². The third kappa shape index (κ3) is 7.09. The lowest BCUT2D eigenvalue weighted by Crippen LogP contribution is -2.42. The van der Waals surface area contributed by atoms with Gasteiger partial charge in [-0.1, -0.05) is 30.3 Å². The number of nitrogens with zero attached hydrogens (tertiary/aromatic N) is 4. The first-order valence-corrected chi connectivity index (χ1v) is 10.3. The van der Waals surface area contributed by atoms with E-state index >= 15 is 0 Å². The van der Waals surface area contributed by atoms with Crippen LogP contribution in [0.15, 0.2) is 41.5 Å². The first-order chi connectivity index (χ1) is 14.4. The number of aliphatic imine (C=N–C) groups is 1. The fraction of sp³-hybridized carbons (Fsp3) is 0.524. The van der Waals surface area contributed by atoms with Gasteiger partial charge in [0, 0.05) is 31.9 Å². The lowest BCUT2D eigenvalue weighted by molar-refractivity contribution is -0.142. The van der Waals surface area contributed by atoms with Gasteiger partial charge in [-0.2, -0.15) is 18.3 Å². The van der Waals surface area contributed by atoms with Crippen LogP contribution in [0.5, 0.6) is 0 Å². The van der Waals surface area contributed by atoms with E-state index in [0.29, 0.717) is 19.0 Å². The Hall–Kier alpha value is -1.82. The molecule has 0 spiro atoms. The summed E-state index contributed by atoms with van der Waals surface area (Å²) in [6.45, 7) is 5.15. The van der Waals surface area contributed by atoms with Crippen molar-refractivity contribution in [2.75, 3.05) is 26.2 Å². The van der Waals surface area contributed by atoms with Gasteiger partial charge in [0.05, 0.1) is 12.6 Å². The molecule has 0 radical (unpaired) electrons. The molecule has 0 bridgehead atoms. The highest BCUT2D eigenvalue weighted by Gasteiger charge is 2.36. The third-order valence-corrected chi connectivity index (χ3v) is 5.15. The fourth-order valence-corrected chi connectivity index (χ4v) is 3.78. The van der Waals surface area contributed by atoms with Crippen LogP contribution in [-0.4, -0.2) is 46.8 Å². The maximum absolute atomic E-state index is 13.2. The Balaban J connectivity index is 0.00000341. The molecule has 0 amide bonds. The van der Waals surface area contributed by atoms with Gasteiger partial charge in [-0.25, -0.2) is 4.99 Å². The molecule has 1 fully saturated rings. The van der Waals surface area contributed by atoms with Crippen LogP contribution in [-0.2, 0) is 19.8 Å². The van der Waals surface area contributed by atoms with E-state index in [1.165, 1.54) is 36.3 Å². The van der Waals surface area contributed by atoms with Crippen LogP contribution >= 0.6 is 24.0 Å². The molecule has 1 saturated heterocycles. The molecule has 172 valence electrons. The second-order valence-electron chi connectivity index (χ2n) is 7.42. The van der Waals surface area contributed by atoms with Gasteiger partial charge in [0.2, 0.25) is 0 Å². The molecule has 1 unspecified atom stereocenters. The zero-order chi connectivity index (χ0) is 21.6. The fourth-order valence-electron chi connectivity index (χ4n) is 3.78. The first kappa shape index (κ1) is 25.4. The van der Waals surface area contributed by atoms with Crippen LogP contribution in [0.3, 0.4) is 0 Å². The molecule has 0 saturated carbocycles. The van der Waals surface area contributed by atoms with Crippen molar-refractivity contribution in [1.29, 1.82) is 0 Å². The molecule has 6 nitrogen and oxygen atoms in total. The molecule has 1 atom stereocenters. The Morgan fingerprint density at radius 1 is 1.16 bits per heavy atom. The number of aromatic nitrogens is 2. The molecule has 3 rings (SSSR count). The summed E-state index contributed by atoms with van der Waals surface area (Å²) < 4.78 is 40.7. The summed E-state index contributed by atoms with van der Waals surface area (Å²) in [4.78, 5) is 6.83. The first-order valence-electron chi connectivity index (χ1n) is 10.3. The molecule has 1 aliphatic heterocycles. The summed E-state index contributed by atoms with van der Waals surface area (Å²) in [5, 5.41) is 9.99. The van der Waals surface area contributed by atoms with Crippen LogP contribution in [0.2, 0.25) is 0 Å². The van der Waals surface area contributed by atoms with Crippen LogP contribution in [0.4, 0.5) is 13.2 Å². The van der Waals surface area contributed by atoms with Gasteiger partial charge in [-0.15, -0.1) is 24.0 Å². The Labute approximate surface area is 198 Å². The lowest BCUT2D eigenvalue weighted by Gasteiger charge is -2.29. The maximum Gasteiger partial charge on any atom is 0.435 e. The predicted octanol–water partition coefficient (Wildman–Crippen LogP) is 3.95. The van der Waals surface area contributed by atoms with E-state index in [-0.39, 0.29) is 42.1 Å². The van der Waals surface area contributed by atoms with E-state index in [9.17, 15) is 13.2 Å². The molecule has 2 aromatic rings. The van der Waals surface area contributed by atoms with Crippen molar-refractivity contribution in [2.45, 2.75) is 38.5 Å². The van der Waals surface area contributed by atoms with Gasteiger partial charge in [-0.05, 0) is 38.4 Å². The quantitative estimate of drug-likeness (QED) is 0.312. The van der Waals surface area contributed by atoms with Crippen molar-refractivity contribution in [1.82, 2.24) is 25.3 Å². The van der Waals surface area contributed by atoms with E-state index < -0.39 is 11.9 Å². The minimum absolute atomic E-state index is 0. The zero-order valence-corrected chi connectivity index (χ0v) is 20.2. The molecule has 1 aliphatic rings. The Bertz CT molecular complexity index is 831. The van der Waals surface area contributed by atoms with Gasteiger partial charge >= 0.3 is 6.18 Å². The predicted molar refractivity (Wildman–Crippen MR) is 126 cm³/mol. The second-order valence-corrected chi connectivity index (χ2v) is 7.42. The van der Waals surface area contributed by atoms with Gasteiger partial charge in [0.1, 0.15) is 0 Å². The third-order valence-electron chi connectivity index (χ3n) is 5.15. The van der Waals surface area contributed by atoms with E-state index in [2.05, 4.69) is 37.8 Å². The van der Waals surface area contributed by atoms with Crippen molar-refractivity contribution in [3.63, 3.8) is 0 Å². The standard InChI is InChI=1S/C21H29F3N6.HI/c1-3-25-20(26-13-17-15-29(2)28-19(17)21(22,23)24)27-14-18(30-11-7-8-12-30)16-9-5-4-6-10-16;/h4-6,9-10,15,18H,3,7-8,11-14H2,1-2H3,(H2,25,26,27);1H. The number of nitrogens with one attached hydrogen (secondary N) is 2. The van der Waals surface area contributed by atoms with Gasteiger partial charge in [0.15, 0.2) is 11.7 Å². The summed E-state index contributed by atoms with van der Waals surface area (Å²) >= 11 is 0. The summed E-state index contributed by atoms with van der Waals surface area (Å²) in [5.74, 6) is 0.495. The highest BCUT2D eigenvalue weighted by atomic mass is 127. The number of hydrogen-bond acceptors (Lipinski definition) is 3. The van der Waals surface area contributed by atoms with Crippen LogP contribution in [0.25, 0.3) is 0 Å². The van der Waals surface area contributed by atoms with Crippen molar-refractivity contribution in [3.05, 3.63) is 53.3 Å². The lowest BCUT2D eigenvalue weighted by atomic mass is 10.1. The molecule has 31 heavy (non-hydrogen) atoms. The van der Waals surface area contributed by atoms with Gasteiger partial charge in [0.25, 0.3) is 0 Å². The number of benzene rings is 1. The molecule has 1 aromatic carbocycles.